The monoisotopic (exact) mass is 282 g/mol. The Kier molecular flexibility index (Phi) is 5.72. The molecule has 0 heterocycles. The van der Waals surface area contributed by atoms with Gasteiger partial charge in [0.15, 0.2) is 0 Å². The molecule has 4 nitrogen and oxygen atoms in total. The fourth-order valence-corrected chi connectivity index (χ4v) is 3.63. The van der Waals surface area contributed by atoms with Crippen LogP contribution in [0.3, 0.4) is 0 Å². The van der Waals surface area contributed by atoms with Crippen LogP contribution in [0.2, 0.25) is 0 Å². The van der Waals surface area contributed by atoms with Crippen LogP contribution in [0.1, 0.15) is 19.4 Å². The van der Waals surface area contributed by atoms with Gasteiger partial charge in [0.1, 0.15) is 0 Å². The number of hydrogen-bond acceptors (Lipinski definition) is 3. The Morgan fingerprint density at radius 1 is 1.37 bits per heavy atom. The van der Waals surface area contributed by atoms with Gasteiger partial charge in [-0.2, -0.15) is 4.31 Å². The Hall–Kier alpha value is -1.17. The van der Waals surface area contributed by atoms with Crippen LogP contribution in [-0.4, -0.2) is 32.9 Å². The fourth-order valence-electron chi connectivity index (χ4n) is 1.90. The first-order valence-electron chi connectivity index (χ1n) is 6.30. The molecule has 5 heteroatoms. The van der Waals surface area contributed by atoms with E-state index < -0.39 is 10.0 Å². The van der Waals surface area contributed by atoms with E-state index in [0.717, 1.165) is 11.1 Å². The lowest BCUT2D eigenvalue weighted by molar-refractivity contribution is 0.452. The Morgan fingerprint density at radius 2 is 2.00 bits per heavy atom. The zero-order chi connectivity index (χ0) is 14.5. The molecule has 0 aliphatic carbocycles. The van der Waals surface area contributed by atoms with Gasteiger partial charge in [-0.1, -0.05) is 37.3 Å². The molecule has 106 valence electrons. The van der Waals surface area contributed by atoms with Crippen molar-refractivity contribution in [2.45, 2.75) is 25.3 Å². The minimum Gasteiger partial charge on any atom is -0.316 e. The van der Waals surface area contributed by atoms with Gasteiger partial charge in [0.05, 0.1) is 4.90 Å². The van der Waals surface area contributed by atoms with Gasteiger partial charge in [-0.15, -0.1) is 0 Å². The fraction of sp³-hybridized carbons (Fsp3) is 0.429. The minimum atomic E-state index is -3.47. The van der Waals surface area contributed by atoms with Gasteiger partial charge in [0.2, 0.25) is 10.0 Å². The van der Waals surface area contributed by atoms with Gasteiger partial charge in [0, 0.05) is 19.6 Å². The smallest absolute Gasteiger partial charge is 0.243 e. The Balaban J connectivity index is 3.21. The van der Waals surface area contributed by atoms with Gasteiger partial charge in [-0.05, 0) is 25.6 Å². The van der Waals surface area contributed by atoms with Crippen molar-refractivity contribution in [2.75, 3.05) is 20.1 Å². The Labute approximate surface area is 116 Å². The van der Waals surface area contributed by atoms with Gasteiger partial charge in [-0.3, -0.25) is 0 Å². The molecule has 0 unspecified atom stereocenters. The van der Waals surface area contributed by atoms with E-state index in [0.29, 0.717) is 24.5 Å². The summed E-state index contributed by atoms with van der Waals surface area (Å²) in [5.74, 6) is 0. The largest absolute Gasteiger partial charge is 0.316 e. The van der Waals surface area contributed by atoms with Gasteiger partial charge < -0.3 is 5.32 Å². The molecule has 0 saturated heterocycles. The zero-order valence-electron chi connectivity index (χ0n) is 11.8. The van der Waals surface area contributed by atoms with Crippen molar-refractivity contribution in [1.29, 1.82) is 0 Å². The Morgan fingerprint density at radius 3 is 2.53 bits per heavy atom. The lowest BCUT2D eigenvalue weighted by Crippen LogP contribution is -2.33. The van der Waals surface area contributed by atoms with Crippen molar-refractivity contribution in [2.24, 2.45) is 0 Å². The zero-order valence-corrected chi connectivity index (χ0v) is 12.6. The number of rotatable bonds is 7. The first-order chi connectivity index (χ1) is 8.93. The summed E-state index contributed by atoms with van der Waals surface area (Å²) in [5.41, 5.74) is 1.61. The Bertz CT molecular complexity index is 538. The first-order valence-corrected chi connectivity index (χ1v) is 7.74. The predicted octanol–water partition coefficient (Wildman–Crippen LogP) is 1.99. The number of benzene rings is 1. The molecule has 0 spiro atoms. The highest BCUT2D eigenvalue weighted by atomic mass is 32.2. The van der Waals surface area contributed by atoms with E-state index in [1.807, 2.05) is 26.0 Å². The molecule has 0 radical (unpaired) electrons. The second kappa shape index (κ2) is 6.84. The van der Waals surface area contributed by atoms with Crippen molar-refractivity contribution in [1.82, 2.24) is 9.62 Å². The third kappa shape index (κ3) is 3.89. The first kappa shape index (κ1) is 15.9. The standard InChI is InChI=1S/C14H22N2O2S/c1-5-16(11-12(2)3)19(17,18)14-9-7-6-8-13(14)10-15-4/h6-9,15H,2,5,10-11H2,1,3-4H3. The number of sulfonamides is 1. The maximum atomic E-state index is 12.7. The molecular weight excluding hydrogens is 260 g/mol. The molecule has 0 aromatic heterocycles. The summed E-state index contributed by atoms with van der Waals surface area (Å²) in [7, 11) is -1.67. The molecule has 0 saturated carbocycles. The normalized spacial score (nSPS) is 11.8. The molecule has 1 N–H and O–H groups in total. The SMILES string of the molecule is C=C(C)CN(CC)S(=O)(=O)c1ccccc1CNC. The van der Waals surface area contributed by atoms with E-state index in [4.69, 9.17) is 0 Å². The summed E-state index contributed by atoms with van der Waals surface area (Å²) in [6.45, 7) is 8.77. The summed E-state index contributed by atoms with van der Waals surface area (Å²) in [5, 5.41) is 2.99. The molecule has 0 aliphatic rings. The number of nitrogens with one attached hydrogen (secondary N) is 1. The topological polar surface area (TPSA) is 49.4 Å². The van der Waals surface area contributed by atoms with Crippen LogP contribution in [-0.2, 0) is 16.6 Å². The van der Waals surface area contributed by atoms with Crippen molar-refractivity contribution < 1.29 is 8.42 Å². The lowest BCUT2D eigenvalue weighted by Gasteiger charge is -2.22. The van der Waals surface area contributed by atoms with E-state index in [1.54, 1.807) is 19.2 Å². The van der Waals surface area contributed by atoms with Crippen LogP contribution in [0.25, 0.3) is 0 Å². The minimum absolute atomic E-state index is 0.354. The van der Waals surface area contributed by atoms with Crippen molar-refractivity contribution in [3.8, 4) is 0 Å². The molecule has 0 fully saturated rings. The van der Waals surface area contributed by atoms with Crippen LogP contribution in [0, 0.1) is 0 Å². The van der Waals surface area contributed by atoms with Crippen LogP contribution >= 0.6 is 0 Å². The molecule has 0 atom stereocenters. The van der Waals surface area contributed by atoms with Crippen molar-refractivity contribution >= 4 is 10.0 Å². The molecule has 0 amide bonds. The second-order valence-corrected chi connectivity index (χ2v) is 6.43. The van der Waals surface area contributed by atoms with Gasteiger partial charge >= 0.3 is 0 Å². The van der Waals surface area contributed by atoms with E-state index >= 15 is 0 Å². The summed E-state index contributed by atoms with van der Waals surface area (Å²) in [4.78, 5) is 0.368. The molecule has 0 bridgehead atoms. The molecule has 1 aromatic carbocycles. The summed E-state index contributed by atoms with van der Waals surface area (Å²) in [6.07, 6.45) is 0. The van der Waals surface area contributed by atoms with Crippen LogP contribution in [0.15, 0.2) is 41.3 Å². The molecule has 1 aromatic rings. The van der Waals surface area contributed by atoms with Gasteiger partial charge in [-0.25, -0.2) is 8.42 Å². The van der Waals surface area contributed by atoms with E-state index in [-0.39, 0.29) is 0 Å². The molecule has 19 heavy (non-hydrogen) atoms. The van der Waals surface area contributed by atoms with E-state index in [1.165, 1.54) is 4.31 Å². The van der Waals surface area contributed by atoms with Crippen molar-refractivity contribution in [3.63, 3.8) is 0 Å². The maximum Gasteiger partial charge on any atom is 0.243 e. The average molecular weight is 282 g/mol. The summed E-state index contributed by atoms with van der Waals surface area (Å²) < 4.78 is 26.8. The summed E-state index contributed by atoms with van der Waals surface area (Å²) in [6, 6.07) is 7.09. The quantitative estimate of drug-likeness (QED) is 0.778. The third-order valence-corrected chi connectivity index (χ3v) is 4.78. The van der Waals surface area contributed by atoms with Crippen LogP contribution in [0.5, 0.6) is 0 Å². The predicted molar refractivity (Wildman–Crippen MR) is 78.5 cm³/mol. The number of nitrogens with zero attached hydrogens (tertiary/aromatic N) is 1. The lowest BCUT2D eigenvalue weighted by atomic mass is 10.2. The van der Waals surface area contributed by atoms with Crippen molar-refractivity contribution in [3.05, 3.63) is 42.0 Å². The maximum absolute atomic E-state index is 12.7. The highest BCUT2D eigenvalue weighted by Gasteiger charge is 2.25. The second-order valence-electron chi connectivity index (χ2n) is 4.53. The highest BCUT2D eigenvalue weighted by Crippen LogP contribution is 2.20. The van der Waals surface area contributed by atoms with E-state index in [2.05, 4.69) is 11.9 Å². The molecule has 0 aliphatic heterocycles. The molecule has 1 rings (SSSR count). The van der Waals surface area contributed by atoms with Gasteiger partial charge in [0.25, 0.3) is 0 Å². The average Bonchev–Trinajstić information content (AvgIpc) is 2.36. The number of hydrogen-bond donors (Lipinski definition) is 1. The van der Waals surface area contributed by atoms with E-state index in [9.17, 15) is 8.42 Å². The van der Waals surface area contributed by atoms with Crippen LogP contribution < -0.4 is 5.32 Å². The van der Waals surface area contributed by atoms with Crippen LogP contribution in [0.4, 0.5) is 0 Å². The highest BCUT2D eigenvalue weighted by molar-refractivity contribution is 7.89. The molecular formula is C14H22N2O2S. The number of likely N-dealkylation sites (N-methyl/N-ethyl adjacent to an activating group) is 1. The third-order valence-electron chi connectivity index (χ3n) is 2.76. The summed E-state index contributed by atoms with van der Waals surface area (Å²) >= 11 is 0.